The van der Waals surface area contributed by atoms with E-state index in [9.17, 15) is 9.35 Å². The van der Waals surface area contributed by atoms with Crippen LogP contribution in [0.3, 0.4) is 0 Å². The van der Waals surface area contributed by atoms with Gasteiger partial charge in [-0.25, -0.2) is 0 Å². The smallest absolute Gasteiger partial charge is 0.228 e. The third-order valence-electron chi connectivity index (χ3n) is 6.87. The van der Waals surface area contributed by atoms with Gasteiger partial charge in [-0.2, -0.15) is 0 Å². The van der Waals surface area contributed by atoms with Crippen LogP contribution >= 0.6 is 0 Å². The number of fused-ring (bicyclic) bond motifs is 3. The van der Waals surface area contributed by atoms with E-state index in [2.05, 4.69) is 15.2 Å². The Bertz CT molecular complexity index is 1580. The average molecular weight is 498 g/mol. The number of benzene rings is 2. The van der Waals surface area contributed by atoms with E-state index in [0.29, 0.717) is 47.3 Å². The lowest BCUT2D eigenvalue weighted by molar-refractivity contribution is -0.127. The highest BCUT2D eigenvalue weighted by molar-refractivity contribution is 7.91. The molecule has 0 radical (unpaired) electrons. The number of nitrogens with two attached hydrogens (primary N) is 1. The van der Waals surface area contributed by atoms with Crippen LogP contribution in [0.2, 0.25) is 0 Å². The molecule has 4 heterocycles. The normalized spacial score (nSPS) is 16.2. The van der Waals surface area contributed by atoms with Gasteiger partial charge in [-0.3, -0.25) is 14.2 Å². The highest BCUT2D eigenvalue weighted by Crippen LogP contribution is 2.36. The van der Waals surface area contributed by atoms with Gasteiger partial charge in [-0.1, -0.05) is 18.2 Å². The summed E-state index contributed by atoms with van der Waals surface area (Å²) >= 11 is -1.45. The summed E-state index contributed by atoms with van der Waals surface area (Å²) < 4.78 is 21.0. The average Bonchev–Trinajstić information content (AvgIpc) is 3.38. The van der Waals surface area contributed by atoms with Crippen LogP contribution in [0.4, 0.5) is 0 Å². The fourth-order valence-corrected chi connectivity index (χ4v) is 6.03. The third kappa shape index (κ3) is 3.72. The lowest BCUT2D eigenvalue weighted by atomic mass is 9.73. The summed E-state index contributed by atoms with van der Waals surface area (Å²) in [5, 5.41) is 9.53. The van der Waals surface area contributed by atoms with Crippen molar-refractivity contribution in [3.05, 3.63) is 84.6 Å². The van der Waals surface area contributed by atoms with Crippen LogP contribution in [-0.2, 0) is 26.1 Å². The maximum absolute atomic E-state index is 13.6. The summed E-state index contributed by atoms with van der Waals surface area (Å²) in [6.07, 6.45) is 2.75. The van der Waals surface area contributed by atoms with Crippen molar-refractivity contribution in [3.8, 4) is 11.5 Å². The molecule has 6 rings (SSSR count). The molecule has 0 bridgehead atoms. The Balaban J connectivity index is 1.40. The standard InChI is InChI=1S/C27H23N5O3S/c28-26(33)27(11-14-35-15-12-27)19-4-3-5-20(17-19)36(34)21-8-9-23-18(16-21)7-10-24-30-31-25(32(23)24)22-6-1-2-13-29-22/h1-10,13,16-17H,11-12,14-15H2,(H2,28,33). The van der Waals surface area contributed by atoms with Crippen LogP contribution in [0.5, 0.6) is 0 Å². The van der Waals surface area contributed by atoms with Crippen molar-refractivity contribution in [2.45, 2.75) is 28.0 Å². The number of hydrogen-bond donors (Lipinski definition) is 1. The van der Waals surface area contributed by atoms with Crippen LogP contribution in [0.15, 0.2) is 88.8 Å². The van der Waals surface area contributed by atoms with Gasteiger partial charge in [0.05, 0.1) is 10.9 Å². The number of rotatable bonds is 5. The lowest BCUT2D eigenvalue weighted by Gasteiger charge is -2.34. The Kier molecular flexibility index (Phi) is 5.67. The van der Waals surface area contributed by atoms with E-state index in [1.54, 1.807) is 6.20 Å². The molecule has 0 aliphatic carbocycles. The van der Waals surface area contributed by atoms with Crippen molar-refractivity contribution in [2.75, 3.05) is 13.2 Å². The number of primary amides is 1. The number of hydrogen-bond acceptors (Lipinski definition) is 6. The summed E-state index contributed by atoms with van der Waals surface area (Å²) in [6.45, 7) is 0.942. The fourth-order valence-electron chi connectivity index (χ4n) is 4.89. The molecule has 5 aromatic rings. The Labute approximate surface area is 210 Å². The second-order valence-electron chi connectivity index (χ2n) is 8.84. The van der Waals surface area contributed by atoms with Gasteiger partial charge in [-0.05, 0) is 66.9 Å². The molecule has 0 spiro atoms. The minimum Gasteiger partial charge on any atom is -0.606 e. The Hall–Kier alpha value is -3.79. The van der Waals surface area contributed by atoms with E-state index < -0.39 is 16.6 Å². The predicted octanol–water partition coefficient (Wildman–Crippen LogP) is 3.64. The number of pyridine rings is 2. The number of carbonyl (C=O) groups excluding carboxylic acids is 1. The summed E-state index contributed by atoms with van der Waals surface area (Å²) in [4.78, 5) is 18.2. The number of aromatic nitrogens is 4. The molecule has 1 fully saturated rings. The molecule has 36 heavy (non-hydrogen) atoms. The van der Waals surface area contributed by atoms with E-state index in [1.807, 2.05) is 77.2 Å². The van der Waals surface area contributed by atoms with Gasteiger partial charge in [-0.15, -0.1) is 10.2 Å². The topological polar surface area (TPSA) is 118 Å². The van der Waals surface area contributed by atoms with E-state index in [4.69, 9.17) is 10.5 Å². The maximum atomic E-state index is 13.6. The summed E-state index contributed by atoms with van der Waals surface area (Å²) in [7, 11) is 0. The molecule has 0 saturated carbocycles. The second kappa shape index (κ2) is 9.02. The zero-order valence-electron chi connectivity index (χ0n) is 19.3. The molecule has 2 aromatic carbocycles. The molecule has 1 unspecified atom stereocenters. The number of nitrogens with zero attached hydrogens (tertiary/aromatic N) is 4. The molecule has 1 saturated heterocycles. The Morgan fingerprint density at radius 1 is 0.972 bits per heavy atom. The fraction of sp³-hybridized carbons (Fsp3) is 0.185. The molecular weight excluding hydrogens is 474 g/mol. The first-order valence-electron chi connectivity index (χ1n) is 11.7. The van der Waals surface area contributed by atoms with Gasteiger partial charge in [0.2, 0.25) is 5.91 Å². The minimum atomic E-state index is -1.45. The highest BCUT2D eigenvalue weighted by atomic mass is 32.2. The largest absolute Gasteiger partial charge is 0.606 e. The van der Waals surface area contributed by atoms with Gasteiger partial charge in [0.25, 0.3) is 0 Å². The Morgan fingerprint density at radius 3 is 2.58 bits per heavy atom. The molecule has 1 aliphatic heterocycles. The summed E-state index contributed by atoms with van der Waals surface area (Å²) in [6, 6.07) is 22.6. The quantitative estimate of drug-likeness (QED) is 0.370. The zero-order valence-corrected chi connectivity index (χ0v) is 20.1. The summed E-state index contributed by atoms with van der Waals surface area (Å²) in [5.74, 6) is 0.270. The molecule has 1 aliphatic rings. The molecule has 9 heteroatoms. The minimum absolute atomic E-state index is 0.374. The number of amides is 1. The molecule has 180 valence electrons. The van der Waals surface area contributed by atoms with Crippen LogP contribution < -0.4 is 5.73 Å². The van der Waals surface area contributed by atoms with Gasteiger partial charge in [0.15, 0.2) is 21.3 Å². The SMILES string of the molecule is NC(=O)C1(c2cccc([S+]([O-])c3ccc4c(ccc5nnc(-c6ccccn6)n54)c3)c2)CCOCC1. The molecule has 2 N–H and O–H groups in total. The van der Waals surface area contributed by atoms with Crippen LogP contribution in [0.25, 0.3) is 28.1 Å². The van der Waals surface area contributed by atoms with E-state index in [1.165, 1.54) is 0 Å². The van der Waals surface area contributed by atoms with Gasteiger partial charge in [0.1, 0.15) is 5.69 Å². The first kappa shape index (κ1) is 22.7. The highest BCUT2D eigenvalue weighted by Gasteiger charge is 2.40. The van der Waals surface area contributed by atoms with E-state index >= 15 is 0 Å². The van der Waals surface area contributed by atoms with Crippen LogP contribution in [-0.4, -0.2) is 43.3 Å². The lowest BCUT2D eigenvalue weighted by Crippen LogP contribution is -2.45. The summed E-state index contributed by atoms with van der Waals surface area (Å²) in [5.41, 5.74) is 8.14. The molecule has 1 amide bonds. The van der Waals surface area contributed by atoms with Gasteiger partial charge in [0, 0.05) is 42.0 Å². The number of ether oxygens (including phenoxy) is 1. The van der Waals surface area contributed by atoms with Crippen LogP contribution in [0, 0.1) is 0 Å². The van der Waals surface area contributed by atoms with Crippen molar-refractivity contribution >= 4 is 33.6 Å². The second-order valence-corrected chi connectivity index (χ2v) is 10.3. The first-order valence-corrected chi connectivity index (χ1v) is 12.8. The van der Waals surface area contributed by atoms with Crippen molar-refractivity contribution in [1.82, 2.24) is 19.6 Å². The third-order valence-corrected chi connectivity index (χ3v) is 8.23. The van der Waals surface area contributed by atoms with Crippen molar-refractivity contribution < 1.29 is 14.1 Å². The number of carbonyl (C=O) groups is 1. The zero-order chi connectivity index (χ0) is 24.7. The predicted molar refractivity (Wildman–Crippen MR) is 136 cm³/mol. The molecular formula is C27H23N5O3S. The van der Waals surface area contributed by atoms with Crippen molar-refractivity contribution in [3.63, 3.8) is 0 Å². The maximum Gasteiger partial charge on any atom is 0.228 e. The monoisotopic (exact) mass is 497 g/mol. The van der Waals surface area contributed by atoms with E-state index in [0.717, 1.165) is 22.2 Å². The van der Waals surface area contributed by atoms with Gasteiger partial charge < -0.3 is 15.0 Å². The van der Waals surface area contributed by atoms with Gasteiger partial charge >= 0.3 is 0 Å². The molecule has 1 atom stereocenters. The molecule has 3 aromatic heterocycles. The van der Waals surface area contributed by atoms with E-state index in [-0.39, 0.29) is 5.91 Å². The van der Waals surface area contributed by atoms with Crippen LogP contribution in [0.1, 0.15) is 18.4 Å². The van der Waals surface area contributed by atoms with Crippen molar-refractivity contribution in [1.29, 1.82) is 0 Å². The first-order chi connectivity index (χ1) is 17.6. The molecule has 8 nitrogen and oxygen atoms in total. The Morgan fingerprint density at radius 2 is 1.81 bits per heavy atom. The van der Waals surface area contributed by atoms with Crippen molar-refractivity contribution in [2.24, 2.45) is 5.73 Å².